The van der Waals surface area contributed by atoms with E-state index in [4.69, 9.17) is 4.74 Å². The van der Waals surface area contributed by atoms with Gasteiger partial charge in [0.05, 0.1) is 24.0 Å². The number of nitrogens with zero attached hydrogens (tertiary/aromatic N) is 5. The van der Waals surface area contributed by atoms with Gasteiger partial charge < -0.3 is 10.1 Å². The van der Waals surface area contributed by atoms with Crippen molar-refractivity contribution in [3.05, 3.63) is 46.7 Å². The lowest BCUT2D eigenvalue weighted by atomic mass is 10.1. The van der Waals surface area contributed by atoms with Crippen molar-refractivity contribution in [1.82, 2.24) is 29.7 Å². The first-order chi connectivity index (χ1) is 11.9. The lowest BCUT2D eigenvalue weighted by Crippen LogP contribution is -2.33. The molecule has 0 bridgehead atoms. The lowest BCUT2D eigenvalue weighted by Gasteiger charge is -2.18. The maximum Gasteiger partial charge on any atom is 0.257 e. The van der Waals surface area contributed by atoms with Crippen LogP contribution in [0.15, 0.2) is 18.3 Å². The molecule has 0 aliphatic rings. The standard InChI is InChI=1S/C17H22N6O2/c1-10-8-11(2)23-16(19-10)15(12(3)21-23)17(24)20-13(9-25-5)14-6-7-18-22(14)4/h6-8,13H,9H2,1-5H3,(H,20,24). The Kier molecular flexibility index (Phi) is 4.54. The molecular weight excluding hydrogens is 320 g/mol. The number of fused-ring (bicyclic) bond motifs is 1. The summed E-state index contributed by atoms with van der Waals surface area (Å²) >= 11 is 0. The molecule has 3 aromatic rings. The predicted octanol–water partition coefficient (Wildman–Crippen LogP) is 1.51. The van der Waals surface area contributed by atoms with Crippen LogP contribution in [0.2, 0.25) is 0 Å². The number of hydrogen-bond donors (Lipinski definition) is 1. The monoisotopic (exact) mass is 342 g/mol. The van der Waals surface area contributed by atoms with Crippen molar-refractivity contribution in [1.29, 1.82) is 0 Å². The second-order valence-electron chi connectivity index (χ2n) is 6.10. The van der Waals surface area contributed by atoms with Crippen LogP contribution in [0.4, 0.5) is 0 Å². The van der Waals surface area contributed by atoms with E-state index in [0.29, 0.717) is 23.5 Å². The number of aryl methyl sites for hydroxylation is 4. The normalized spacial score (nSPS) is 12.5. The van der Waals surface area contributed by atoms with E-state index in [1.807, 2.05) is 40.0 Å². The Labute approximate surface area is 145 Å². The smallest absolute Gasteiger partial charge is 0.257 e. The third kappa shape index (κ3) is 3.12. The van der Waals surface area contributed by atoms with E-state index in [1.165, 1.54) is 0 Å². The Morgan fingerprint density at radius 2 is 2.12 bits per heavy atom. The van der Waals surface area contributed by atoms with Gasteiger partial charge in [0.25, 0.3) is 5.91 Å². The average Bonchev–Trinajstić information content (AvgIpc) is 3.10. The molecule has 8 heteroatoms. The fourth-order valence-corrected chi connectivity index (χ4v) is 3.02. The van der Waals surface area contributed by atoms with Gasteiger partial charge in [-0.2, -0.15) is 10.2 Å². The molecule has 0 aliphatic carbocycles. The molecule has 25 heavy (non-hydrogen) atoms. The van der Waals surface area contributed by atoms with Gasteiger partial charge in [-0.1, -0.05) is 0 Å². The molecule has 0 aromatic carbocycles. The minimum Gasteiger partial charge on any atom is -0.382 e. The summed E-state index contributed by atoms with van der Waals surface area (Å²) in [4.78, 5) is 17.5. The number of rotatable bonds is 5. The van der Waals surface area contributed by atoms with Gasteiger partial charge in [-0.05, 0) is 32.9 Å². The Morgan fingerprint density at radius 3 is 2.76 bits per heavy atom. The number of methoxy groups -OCH3 is 1. The number of carbonyl (C=O) groups is 1. The molecule has 132 valence electrons. The molecule has 1 atom stereocenters. The van der Waals surface area contributed by atoms with E-state index in [-0.39, 0.29) is 11.9 Å². The topological polar surface area (TPSA) is 86.3 Å². The van der Waals surface area contributed by atoms with Crippen LogP contribution in [0.25, 0.3) is 5.65 Å². The number of ether oxygens (including phenoxy) is 1. The van der Waals surface area contributed by atoms with Crippen LogP contribution >= 0.6 is 0 Å². The first-order valence-corrected chi connectivity index (χ1v) is 8.03. The number of hydrogen-bond acceptors (Lipinski definition) is 5. The highest BCUT2D eigenvalue weighted by Gasteiger charge is 2.24. The SMILES string of the molecule is COCC(NC(=O)c1c(C)nn2c(C)cc(C)nc12)c1ccnn1C. The highest BCUT2D eigenvalue weighted by atomic mass is 16.5. The number of amides is 1. The Bertz CT molecular complexity index is 927. The summed E-state index contributed by atoms with van der Waals surface area (Å²) in [5, 5.41) is 11.6. The molecule has 0 spiro atoms. The summed E-state index contributed by atoms with van der Waals surface area (Å²) < 4.78 is 8.69. The summed E-state index contributed by atoms with van der Waals surface area (Å²) in [7, 11) is 3.43. The highest BCUT2D eigenvalue weighted by molar-refractivity contribution is 6.01. The van der Waals surface area contributed by atoms with Crippen molar-refractivity contribution in [3.8, 4) is 0 Å². The van der Waals surface area contributed by atoms with Crippen molar-refractivity contribution in [2.24, 2.45) is 7.05 Å². The highest BCUT2D eigenvalue weighted by Crippen LogP contribution is 2.19. The predicted molar refractivity (Wildman–Crippen MR) is 92.5 cm³/mol. The van der Waals surface area contributed by atoms with Gasteiger partial charge in [-0.15, -0.1) is 0 Å². The minimum atomic E-state index is -0.315. The zero-order valence-corrected chi connectivity index (χ0v) is 15.1. The molecule has 0 saturated heterocycles. The first kappa shape index (κ1) is 17.1. The molecule has 3 aromatic heterocycles. The van der Waals surface area contributed by atoms with Crippen LogP contribution in [0.3, 0.4) is 0 Å². The summed E-state index contributed by atoms with van der Waals surface area (Å²) in [6, 6.07) is 3.48. The van der Waals surface area contributed by atoms with Crippen LogP contribution in [0.5, 0.6) is 0 Å². The zero-order chi connectivity index (χ0) is 18.1. The molecule has 0 fully saturated rings. The minimum absolute atomic E-state index is 0.228. The van der Waals surface area contributed by atoms with E-state index in [2.05, 4.69) is 20.5 Å². The van der Waals surface area contributed by atoms with Gasteiger partial charge in [-0.3, -0.25) is 9.48 Å². The van der Waals surface area contributed by atoms with Gasteiger partial charge in [0.2, 0.25) is 0 Å². The van der Waals surface area contributed by atoms with Gasteiger partial charge in [-0.25, -0.2) is 9.50 Å². The van der Waals surface area contributed by atoms with Crippen molar-refractivity contribution in [2.45, 2.75) is 26.8 Å². The largest absolute Gasteiger partial charge is 0.382 e. The summed E-state index contributed by atoms with van der Waals surface area (Å²) in [6.07, 6.45) is 1.69. The molecule has 0 saturated carbocycles. The van der Waals surface area contributed by atoms with E-state index < -0.39 is 0 Å². The van der Waals surface area contributed by atoms with Crippen LogP contribution in [-0.4, -0.2) is 44.0 Å². The number of aromatic nitrogens is 5. The molecule has 3 rings (SSSR count). The Hall–Kier alpha value is -2.74. The molecule has 3 heterocycles. The number of nitrogens with one attached hydrogen (secondary N) is 1. The van der Waals surface area contributed by atoms with Gasteiger partial charge >= 0.3 is 0 Å². The molecule has 1 N–H and O–H groups in total. The van der Waals surface area contributed by atoms with Crippen molar-refractivity contribution >= 4 is 11.6 Å². The van der Waals surface area contributed by atoms with Crippen LogP contribution < -0.4 is 5.32 Å². The van der Waals surface area contributed by atoms with Crippen LogP contribution in [-0.2, 0) is 11.8 Å². The second kappa shape index (κ2) is 6.64. The Morgan fingerprint density at radius 1 is 1.36 bits per heavy atom. The van der Waals surface area contributed by atoms with Gasteiger partial charge in [0.15, 0.2) is 5.65 Å². The van der Waals surface area contributed by atoms with E-state index in [1.54, 1.807) is 22.5 Å². The summed E-state index contributed by atoms with van der Waals surface area (Å²) in [5.74, 6) is -0.228. The molecular formula is C17H22N6O2. The number of carbonyl (C=O) groups excluding carboxylic acids is 1. The average molecular weight is 342 g/mol. The zero-order valence-electron chi connectivity index (χ0n) is 15.1. The fourth-order valence-electron chi connectivity index (χ4n) is 3.02. The molecule has 0 aliphatic heterocycles. The van der Waals surface area contributed by atoms with Gasteiger partial charge in [0.1, 0.15) is 5.56 Å². The summed E-state index contributed by atoms with van der Waals surface area (Å²) in [5.41, 5.74) is 4.33. The molecule has 8 nitrogen and oxygen atoms in total. The maximum atomic E-state index is 13.0. The van der Waals surface area contributed by atoms with Crippen molar-refractivity contribution in [3.63, 3.8) is 0 Å². The van der Waals surface area contributed by atoms with E-state index in [0.717, 1.165) is 17.1 Å². The Balaban J connectivity index is 1.99. The maximum absolute atomic E-state index is 13.0. The quantitative estimate of drug-likeness (QED) is 0.759. The third-order valence-corrected chi connectivity index (χ3v) is 4.15. The van der Waals surface area contributed by atoms with Crippen LogP contribution in [0, 0.1) is 20.8 Å². The second-order valence-corrected chi connectivity index (χ2v) is 6.10. The molecule has 0 radical (unpaired) electrons. The molecule has 1 unspecified atom stereocenters. The molecule has 1 amide bonds. The van der Waals surface area contributed by atoms with E-state index in [9.17, 15) is 4.79 Å². The summed E-state index contributed by atoms with van der Waals surface area (Å²) in [6.45, 7) is 6.00. The third-order valence-electron chi connectivity index (χ3n) is 4.15. The first-order valence-electron chi connectivity index (χ1n) is 8.03. The fraction of sp³-hybridized carbons (Fsp3) is 0.412. The van der Waals surface area contributed by atoms with Crippen molar-refractivity contribution in [2.75, 3.05) is 13.7 Å². The van der Waals surface area contributed by atoms with Crippen LogP contribution in [0.1, 0.15) is 39.2 Å². The van der Waals surface area contributed by atoms with E-state index >= 15 is 0 Å². The van der Waals surface area contributed by atoms with Gasteiger partial charge in [0, 0.05) is 31.7 Å². The van der Waals surface area contributed by atoms with Crippen molar-refractivity contribution < 1.29 is 9.53 Å². The lowest BCUT2D eigenvalue weighted by molar-refractivity contribution is 0.0893.